The highest BCUT2D eigenvalue weighted by molar-refractivity contribution is 5.18. The highest BCUT2D eigenvalue weighted by Gasteiger charge is 2.11. The van der Waals surface area contributed by atoms with E-state index in [2.05, 4.69) is 35.8 Å². The van der Waals surface area contributed by atoms with E-state index >= 15 is 0 Å². The minimum atomic E-state index is 0.823. The maximum atomic E-state index is 7.10. The summed E-state index contributed by atoms with van der Waals surface area (Å²) >= 11 is 0. The molecule has 0 aliphatic rings. The largest absolute Gasteiger partial charge is 0.337 e. The molecule has 0 radical (unpaired) electrons. The summed E-state index contributed by atoms with van der Waals surface area (Å²) in [5.41, 5.74) is 8.31. The van der Waals surface area contributed by atoms with Crippen LogP contribution in [0.4, 0.5) is 0 Å². The molecule has 1 rings (SSSR count). The van der Waals surface area contributed by atoms with Crippen molar-refractivity contribution in [1.82, 2.24) is 4.57 Å². The van der Waals surface area contributed by atoms with E-state index in [9.17, 15) is 0 Å². The molecule has 0 unspecified atom stereocenters. The smallest absolute Gasteiger partial charge is 0.265 e. The van der Waals surface area contributed by atoms with Gasteiger partial charge in [-0.25, -0.2) is 9.13 Å². The molecule has 0 aliphatic carbocycles. The van der Waals surface area contributed by atoms with Crippen LogP contribution in [0.15, 0.2) is 44.3 Å². The first-order valence-corrected chi connectivity index (χ1v) is 5.29. The van der Waals surface area contributed by atoms with Crippen molar-refractivity contribution in [2.24, 2.45) is 11.5 Å². The molecule has 0 amide bonds. The van der Waals surface area contributed by atoms with Crippen molar-refractivity contribution in [2.75, 3.05) is 0 Å². The number of imidazole rings is 1. The lowest BCUT2D eigenvalue weighted by molar-refractivity contribution is -0.693. The number of nitrogens with two attached hydrogens (primary N) is 2. The molecule has 0 spiro atoms. The molecule has 0 saturated heterocycles. The van der Waals surface area contributed by atoms with E-state index in [4.69, 9.17) is 10.5 Å². The van der Waals surface area contributed by atoms with Crippen LogP contribution in [0.25, 0.3) is 6.20 Å². The number of hydrogen-bond donors (Lipinski definition) is 2. The summed E-state index contributed by atoms with van der Waals surface area (Å²) in [6, 6.07) is 0. The lowest BCUT2D eigenvalue weighted by Gasteiger charge is -1.96. The molecular formula is C13H19N6+. The van der Waals surface area contributed by atoms with E-state index in [1.165, 1.54) is 18.2 Å². The predicted molar refractivity (Wildman–Crippen MR) is 74.7 cm³/mol. The van der Waals surface area contributed by atoms with Gasteiger partial charge < -0.3 is 11.5 Å². The fourth-order valence-electron chi connectivity index (χ4n) is 1.30. The molecule has 0 atom stereocenters. The third-order valence-corrected chi connectivity index (χ3v) is 1.89. The Kier molecular flexibility index (Phi) is 12.6. The van der Waals surface area contributed by atoms with E-state index in [1.807, 2.05) is 29.1 Å². The fraction of sp³-hybridized carbons (Fsp3) is 0.154. The highest BCUT2D eigenvalue weighted by atomic mass is 15.1. The predicted octanol–water partition coefficient (Wildman–Crippen LogP) is 0.643. The number of nitrogens with zero attached hydrogens (tertiary/aromatic N) is 4. The number of aromatic nitrogens is 2. The van der Waals surface area contributed by atoms with Crippen LogP contribution in [-0.2, 0) is 13.0 Å². The van der Waals surface area contributed by atoms with E-state index in [0.29, 0.717) is 0 Å². The monoisotopic (exact) mass is 259 g/mol. The van der Waals surface area contributed by atoms with Crippen LogP contribution in [0.3, 0.4) is 0 Å². The normalized spacial score (nSPS) is 7.26. The van der Waals surface area contributed by atoms with Gasteiger partial charge in [0.15, 0.2) is 12.4 Å². The van der Waals surface area contributed by atoms with Crippen LogP contribution in [0.1, 0.15) is 5.82 Å². The highest BCUT2D eigenvalue weighted by Crippen LogP contribution is 1.97. The molecule has 0 bridgehead atoms. The minimum absolute atomic E-state index is 0.823. The second kappa shape index (κ2) is 13.1. The van der Waals surface area contributed by atoms with Crippen molar-refractivity contribution in [3.8, 4) is 12.4 Å². The first kappa shape index (κ1) is 18.4. The molecule has 4 N–H and O–H groups in total. The molecule has 0 aromatic carbocycles. The van der Waals surface area contributed by atoms with E-state index in [-0.39, 0.29) is 0 Å². The zero-order chi connectivity index (χ0) is 15.1. The van der Waals surface area contributed by atoms with Gasteiger partial charge in [-0.15, -0.1) is 6.58 Å². The standard InChI is InChI=1S/C11H15N2.2CH2N2/c1-4-7-11-12(6-3)9-10-13(11)8-5-2;2*2-1-3/h4-6,9-10H,1-3,7-8H2;2*2H2/q+1;;. The van der Waals surface area contributed by atoms with Gasteiger partial charge >= 0.3 is 0 Å². The maximum Gasteiger partial charge on any atom is 0.265 e. The van der Waals surface area contributed by atoms with Gasteiger partial charge in [-0.3, -0.25) is 0 Å². The Hall–Kier alpha value is -2.99. The van der Waals surface area contributed by atoms with E-state index in [0.717, 1.165) is 13.0 Å². The molecule has 1 heterocycles. The minimum Gasteiger partial charge on any atom is -0.337 e. The topological polar surface area (TPSA) is 108 Å². The van der Waals surface area contributed by atoms with Gasteiger partial charge in [-0.2, -0.15) is 10.5 Å². The van der Waals surface area contributed by atoms with Crippen LogP contribution >= 0.6 is 0 Å². The number of nitriles is 2. The van der Waals surface area contributed by atoms with Gasteiger partial charge in [0.1, 0.15) is 18.9 Å². The fourth-order valence-corrected chi connectivity index (χ4v) is 1.30. The lowest BCUT2D eigenvalue weighted by Crippen LogP contribution is -2.35. The summed E-state index contributed by atoms with van der Waals surface area (Å²) in [5.74, 6) is 1.17. The molecule has 1 aromatic rings. The van der Waals surface area contributed by atoms with Crippen molar-refractivity contribution in [2.45, 2.75) is 13.0 Å². The Morgan fingerprint density at radius 2 is 1.74 bits per heavy atom. The Labute approximate surface area is 113 Å². The summed E-state index contributed by atoms with van der Waals surface area (Å²) in [5, 5.41) is 14.2. The second-order valence-electron chi connectivity index (χ2n) is 3.00. The molecule has 1 aromatic heterocycles. The molecule has 6 heteroatoms. The lowest BCUT2D eigenvalue weighted by atomic mass is 10.4. The quantitative estimate of drug-likeness (QED) is 0.350. The van der Waals surface area contributed by atoms with Gasteiger partial charge in [-0.1, -0.05) is 25.3 Å². The number of hydrogen-bond acceptors (Lipinski definition) is 4. The van der Waals surface area contributed by atoms with Crippen LogP contribution in [-0.4, -0.2) is 4.57 Å². The van der Waals surface area contributed by atoms with Crippen molar-refractivity contribution in [3.63, 3.8) is 0 Å². The van der Waals surface area contributed by atoms with Crippen LogP contribution in [0, 0.1) is 22.9 Å². The maximum absolute atomic E-state index is 7.10. The Morgan fingerprint density at radius 1 is 1.21 bits per heavy atom. The van der Waals surface area contributed by atoms with Crippen LogP contribution in [0.5, 0.6) is 0 Å². The summed E-state index contributed by atoms with van der Waals surface area (Å²) in [6.07, 6.45) is 12.9. The molecule has 0 aliphatic heterocycles. The summed E-state index contributed by atoms with van der Waals surface area (Å²) in [7, 11) is 0. The van der Waals surface area contributed by atoms with Crippen molar-refractivity contribution < 1.29 is 4.57 Å². The van der Waals surface area contributed by atoms with Gasteiger partial charge in [0.25, 0.3) is 5.82 Å². The zero-order valence-corrected chi connectivity index (χ0v) is 10.9. The first-order valence-electron chi connectivity index (χ1n) is 5.29. The third-order valence-electron chi connectivity index (χ3n) is 1.89. The average Bonchev–Trinajstić information content (AvgIpc) is 2.75. The number of allylic oxidation sites excluding steroid dienone is 2. The van der Waals surface area contributed by atoms with Gasteiger partial charge in [0.05, 0.1) is 12.6 Å². The van der Waals surface area contributed by atoms with Gasteiger partial charge in [-0.05, 0) is 0 Å². The van der Waals surface area contributed by atoms with Crippen LogP contribution in [0.2, 0.25) is 0 Å². The number of rotatable bonds is 5. The second-order valence-corrected chi connectivity index (χ2v) is 3.00. The molecule has 0 fully saturated rings. The summed E-state index contributed by atoms with van der Waals surface area (Å²) in [6.45, 7) is 12.0. The van der Waals surface area contributed by atoms with Crippen LogP contribution < -0.4 is 16.0 Å². The summed E-state index contributed by atoms with van der Waals surface area (Å²) < 4.78 is 4.11. The Bertz CT molecular complexity index is 460. The zero-order valence-electron chi connectivity index (χ0n) is 10.9. The van der Waals surface area contributed by atoms with Gasteiger partial charge in [0, 0.05) is 0 Å². The molecule has 100 valence electrons. The Balaban J connectivity index is 0. The Morgan fingerprint density at radius 3 is 2.11 bits per heavy atom. The van der Waals surface area contributed by atoms with Crippen molar-refractivity contribution in [1.29, 1.82) is 10.5 Å². The third kappa shape index (κ3) is 7.83. The van der Waals surface area contributed by atoms with E-state index < -0.39 is 0 Å². The molecule has 19 heavy (non-hydrogen) atoms. The molecule has 0 saturated carbocycles. The van der Waals surface area contributed by atoms with Crippen molar-refractivity contribution >= 4 is 6.20 Å². The average molecular weight is 259 g/mol. The first-order chi connectivity index (χ1) is 9.16. The molecule has 6 nitrogen and oxygen atoms in total. The van der Waals surface area contributed by atoms with Gasteiger partial charge in [0.2, 0.25) is 0 Å². The van der Waals surface area contributed by atoms with E-state index in [1.54, 1.807) is 6.20 Å². The SMILES string of the molecule is C=CCc1n(C=C)cc[n+]1CC=C.N#CN.N#CN. The van der Waals surface area contributed by atoms with Crippen molar-refractivity contribution in [3.05, 3.63) is 50.1 Å². The summed E-state index contributed by atoms with van der Waals surface area (Å²) in [4.78, 5) is 0. The molecular weight excluding hydrogens is 240 g/mol.